The number of thiol groups is 3. The molecule has 0 aromatic heterocycles. The SMILES string of the molecule is CC(C)C[C@H](NC(=O)[C@@H]1CCCN1C(=O)[C@H](CCC(N)=O)NC(=O)[C@H](Cc1ccccc1)NC(=O)[C@@H](N)CS)C(=O)N[C@H](C(=O)N1CCC[C@H]1C(=O)N[C@@H](CC(C)C)C(=O)N[C@@H](CS)C(=O)N[C@@H](CCCN=C(N)N)C(=O)N[C@@H](CS)C(=O)O)[C@@H](C)O. The van der Waals surface area contributed by atoms with Crippen molar-refractivity contribution in [1.82, 2.24) is 52.3 Å². The van der Waals surface area contributed by atoms with Gasteiger partial charge in [0.25, 0.3) is 0 Å². The Morgan fingerprint density at radius 3 is 1.52 bits per heavy atom. The van der Waals surface area contributed by atoms with E-state index < -0.39 is 144 Å². The topological polar surface area (TPSA) is 464 Å². The molecule has 0 unspecified atom stereocenters. The lowest BCUT2D eigenvalue weighted by Gasteiger charge is -2.33. The fourth-order valence-electron chi connectivity index (χ4n) is 9.78. The number of nitrogens with zero attached hydrogens (tertiary/aromatic N) is 3. The summed E-state index contributed by atoms with van der Waals surface area (Å²) in [6.45, 7) is 8.47. The van der Waals surface area contributed by atoms with Gasteiger partial charge in [-0.2, -0.15) is 37.9 Å². The third-order valence-electron chi connectivity index (χ3n) is 14.3. The number of nitrogens with one attached hydrogen (secondary N) is 8. The van der Waals surface area contributed by atoms with E-state index >= 15 is 0 Å². The Kier molecular flexibility index (Phi) is 31.7. The van der Waals surface area contributed by atoms with E-state index in [1.165, 1.54) is 16.7 Å². The van der Waals surface area contributed by atoms with Gasteiger partial charge < -0.3 is 85.5 Å². The summed E-state index contributed by atoms with van der Waals surface area (Å²) in [5.74, 6) is -11.4. The number of hydrogen-bond acceptors (Lipinski definition) is 18. The molecule has 0 saturated carbocycles. The first-order valence-electron chi connectivity index (χ1n) is 28.9. The molecule has 32 heteroatoms. The van der Waals surface area contributed by atoms with Gasteiger partial charge in [0, 0.05) is 49.7 Å². The molecule has 11 amide bonds. The summed E-state index contributed by atoms with van der Waals surface area (Å²) >= 11 is 12.3. The van der Waals surface area contributed by atoms with Gasteiger partial charge in [0.15, 0.2) is 5.96 Å². The molecule has 12 atom stereocenters. The highest BCUT2D eigenvalue weighted by Gasteiger charge is 2.44. The number of carbonyl (C=O) groups excluding carboxylic acids is 11. The summed E-state index contributed by atoms with van der Waals surface area (Å²) in [7, 11) is 0. The molecule has 29 nitrogen and oxygen atoms in total. The van der Waals surface area contributed by atoms with Gasteiger partial charge in [-0.3, -0.25) is 57.7 Å². The molecule has 2 fully saturated rings. The van der Waals surface area contributed by atoms with Gasteiger partial charge in [0.2, 0.25) is 65.0 Å². The van der Waals surface area contributed by atoms with Crippen molar-refractivity contribution in [3.8, 4) is 0 Å². The standard InChI is InChI=1S/C55H89N15O14S3/c1-28(2)22-35(46(75)66-38(26-86)49(78)61-33(14-9-19-60-55(58)59)45(74)67-39(27-87)54(83)84)64-51(80)41-16-11-21-70(41)53(82)43(30(5)71)68-48(77)36(23-29(3)4)65-50(79)40-15-10-20-69(40)52(81)34(17-18-42(57)72)62-47(76)37(63-44(73)32(56)25-85)24-31-12-7-6-8-13-31/h6-8,12-13,28-30,32-41,43,71,85-87H,9-11,14-27,56H2,1-5H3,(H2,57,72)(H,61,78)(H,62,76)(H,63,73)(H,64,80)(H,65,79)(H,66,75)(H,67,74)(H,68,77)(H,83,84)(H4,58,59,60)/t30-,32+,33+,34+,35+,36+,37+,38+,39+,40+,41+,43+/m1/s1. The number of carbonyl (C=O) groups is 12. The van der Waals surface area contributed by atoms with E-state index in [1.54, 1.807) is 58.0 Å². The molecule has 3 rings (SSSR count). The maximum absolute atomic E-state index is 14.5. The van der Waals surface area contributed by atoms with E-state index in [-0.39, 0.29) is 112 Å². The molecule has 87 heavy (non-hydrogen) atoms. The third kappa shape index (κ3) is 24.3. The number of hydrogen-bond donors (Lipinski definition) is 17. The zero-order chi connectivity index (χ0) is 65.2. The average Bonchev–Trinajstić information content (AvgIpc) is 3.47. The maximum Gasteiger partial charge on any atom is 0.327 e. The largest absolute Gasteiger partial charge is 0.480 e. The Morgan fingerprint density at radius 2 is 1.03 bits per heavy atom. The first-order chi connectivity index (χ1) is 41.0. The molecule has 0 aliphatic carbocycles. The highest BCUT2D eigenvalue weighted by Crippen LogP contribution is 2.23. The number of likely N-dealkylation sites (tertiary alicyclic amines) is 2. The molecule has 2 aliphatic rings. The molecular weight excluding hydrogens is 1190 g/mol. The minimum atomic E-state index is -1.66. The maximum atomic E-state index is 14.5. The van der Waals surface area contributed by atoms with E-state index in [9.17, 15) is 67.7 Å². The Labute approximate surface area is 522 Å². The van der Waals surface area contributed by atoms with Crippen molar-refractivity contribution >= 4 is 115 Å². The molecule has 1 aromatic rings. The molecule has 2 saturated heterocycles. The molecule has 2 aliphatic heterocycles. The van der Waals surface area contributed by atoms with Gasteiger partial charge in [0.1, 0.15) is 60.4 Å². The van der Waals surface area contributed by atoms with Gasteiger partial charge in [0.05, 0.1) is 12.1 Å². The Balaban J connectivity index is 1.81. The van der Waals surface area contributed by atoms with Gasteiger partial charge in [-0.05, 0) is 82.1 Å². The quantitative estimate of drug-likeness (QED) is 0.0132. The van der Waals surface area contributed by atoms with Crippen molar-refractivity contribution in [2.45, 2.75) is 178 Å². The Morgan fingerprint density at radius 1 is 0.575 bits per heavy atom. The third-order valence-corrected chi connectivity index (χ3v) is 15.5. The predicted octanol–water partition coefficient (Wildman–Crippen LogP) is -3.92. The van der Waals surface area contributed by atoms with E-state index in [0.29, 0.717) is 18.4 Å². The second kappa shape index (κ2) is 37.1. The van der Waals surface area contributed by atoms with Crippen molar-refractivity contribution in [3.05, 3.63) is 35.9 Å². The molecule has 2 heterocycles. The van der Waals surface area contributed by atoms with Crippen molar-refractivity contribution < 1.29 is 67.7 Å². The summed E-state index contributed by atoms with van der Waals surface area (Å²) in [5, 5.41) is 41.2. The van der Waals surface area contributed by atoms with Crippen LogP contribution < -0.4 is 65.5 Å². The average molecular weight is 1280 g/mol. The van der Waals surface area contributed by atoms with Crippen molar-refractivity contribution in [2.24, 2.45) is 39.8 Å². The minimum Gasteiger partial charge on any atom is -0.480 e. The summed E-state index contributed by atoms with van der Waals surface area (Å²) in [5.41, 5.74) is 22.9. The highest BCUT2D eigenvalue weighted by atomic mass is 32.1. The second-order valence-electron chi connectivity index (χ2n) is 22.4. The van der Waals surface area contributed by atoms with Crippen LogP contribution in [0.25, 0.3) is 0 Å². The van der Waals surface area contributed by atoms with Gasteiger partial charge in [-0.25, -0.2) is 4.79 Å². The molecule has 0 radical (unpaired) electrons. The lowest BCUT2D eigenvalue weighted by molar-refractivity contribution is -0.145. The number of amides is 11. The van der Waals surface area contributed by atoms with Crippen LogP contribution in [0.4, 0.5) is 0 Å². The number of carboxylic acid groups (broad SMARTS) is 1. The van der Waals surface area contributed by atoms with Crippen LogP contribution in [0.2, 0.25) is 0 Å². The number of aliphatic imine (C=N–C) groups is 1. The predicted molar refractivity (Wildman–Crippen MR) is 331 cm³/mol. The first kappa shape index (κ1) is 74.4. The molecule has 0 spiro atoms. The fourth-order valence-corrected chi connectivity index (χ4v) is 10.4. The van der Waals surface area contributed by atoms with Crippen LogP contribution in [-0.4, -0.2) is 206 Å². The van der Waals surface area contributed by atoms with Crippen molar-refractivity contribution in [2.75, 3.05) is 36.9 Å². The summed E-state index contributed by atoms with van der Waals surface area (Å²) in [6, 6.07) is -5.73. The van der Waals surface area contributed by atoms with Crippen LogP contribution in [0.3, 0.4) is 0 Å². The first-order valence-corrected chi connectivity index (χ1v) is 30.8. The normalized spacial score (nSPS) is 18.2. The number of aliphatic hydroxyl groups is 1. The van der Waals surface area contributed by atoms with E-state index in [0.717, 1.165) is 0 Å². The summed E-state index contributed by atoms with van der Waals surface area (Å²) in [4.78, 5) is 169. The second-order valence-corrected chi connectivity index (χ2v) is 23.5. The van der Waals surface area contributed by atoms with Crippen LogP contribution in [0.1, 0.15) is 104 Å². The molecule has 1 aromatic carbocycles. The molecule has 486 valence electrons. The van der Waals surface area contributed by atoms with Crippen LogP contribution in [0, 0.1) is 11.8 Å². The van der Waals surface area contributed by atoms with Crippen LogP contribution in [0.5, 0.6) is 0 Å². The number of guanidine groups is 1. The zero-order valence-corrected chi connectivity index (χ0v) is 52.5. The number of carboxylic acids is 1. The van der Waals surface area contributed by atoms with Gasteiger partial charge in [-0.1, -0.05) is 58.0 Å². The number of aliphatic carboxylic acids is 1. The number of aliphatic hydroxyl groups excluding tert-OH is 1. The fraction of sp³-hybridized carbons (Fsp3) is 0.655. The van der Waals surface area contributed by atoms with Crippen molar-refractivity contribution in [3.63, 3.8) is 0 Å². The lowest BCUT2D eigenvalue weighted by Crippen LogP contribution is -2.62. The summed E-state index contributed by atoms with van der Waals surface area (Å²) < 4.78 is 0. The van der Waals surface area contributed by atoms with Crippen LogP contribution in [0.15, 0.2) is 35.3 Å². The van der Waals surface area contributed by atoms with E-state index in [2.05, 4.69) is 85.4 Å². The van der Waals surface area contributed by atoms with Crippen LogP contribution in [-0.2, 0) is 64.0 Å². The Hall–Kier alpha value is -6.90. The number of benzene rings is 1. The number of nitrogens with two attached hydrogens (primary N) is 4. The number of primary amides is 1. The summed E-state index contributed by atoms with van der Waals surface area (Å²) in [6.07, 6.45) is -1.07. The van der Waals surface area contributed by atoms with Gasteiger partial charge >= 0.3 is 5.97 Å². The molecule has 18 N–H and O–H groups in total. The van der Waals surface area contributed by atoms with Gasteiger partial charge in [-0.15, -0.1) is 0 Å². The van der Waals surface area contributed by atoms with E-state index in [1.807, 2.05) is 0 Å². The Bertz CT molecular complexity index is 2580. The monoisotopic (exact) mass is 1280 g/mol. The smallest absolute Gasteiger partial charge is 0.327 e. The van der Waals surface area contributed by atoms with Crippen LogP contribution >= 0.6 is 37.9 Å². The minimum absolute atomic E-state index is 0.00173. The molecule has 0 bridgehead atoms. The lowest BCUT2D eigenvalue weighted by atomic mass is 10.0. The molecular formula is C55H89N15O14S3. The van der Waals surface area contributed by atoms with E-state index in [4.69, 9.17) is 22.9 Å². The number of rotatable bonds is 36. The van der Waals surface area contributed by atoms with Crippen molar-refractivity contribution in [1.29, 1.82) is 0 Å². The highest BCUT2D eigenvalue weighted by molar-refractivity contribution is 7.80. The zero-order valence-electron chi connectivity index (χ0n) is 49.8.